The van der Waals surface area contributed by atoms with Crippen molar-refractivity contribution in [3.8, 4) is 0 Å². The Balaban J connectivity index is 2.75. The first-order valence-corrected chi connectivity index (χ1v) is 4.27. The van der Waals surface area contributed by atoms with Gasteiger partial charge in [0.2, 0.25) is 0 Å². The van der Waals surface area contributed by atoms with E-state index in [-0.39, 0.29) is 17.5 Å². The molecule has 0 aliphatic heterocycles. The van der Waals surface area contributed by atoms with E-state index in [1.807, 2.05) is 0 Å². The predicted molar refractivity (Wildman–Crippen MR) is 54.4 cm³/mol. The Hall–Kier alpha value is -1.55. The van der Waals surface area contributed by atoms with Crippen molar-refractivity contribution in [2.75, 3.05) is 6.54 Å². The summed E-state index contributed by atoms with van der Waals surface area (Å²) in [5.74, 6) is -0.464. The number of nitrogens with one attached hydrogen (secondary N) is 2. The van der Waals surface area contributed by atoms with Crippen LogP contribution in [0.4, 0.5) is 0 Å². The summed E-state index contributed by atoms with van der Waals surface area (Å²) in [4.78, 5) is 25.2. The Morgan fingerprint density at radius 3 is 2.93 bits per heavy atom. The lowest BCUT2D eigenvalue weighted by atomic mass is 10.2. The standard InChI is InChI=1S/C9H9ClN2O2/c1-6(10)4-12-9(14)7-5-11-3-2-8(7)13/h2-3,5H,1,4H2,(H,11,13)(H,12,14). The number of halogens is 1. The second-order valence-corrected chi connectivity index (χ2v) is 3.16. The molecule has 0 atom stereocenters. The zero-order chi connectivity index (χ0) is 10.6. The van der Waals surface area contributed by atoms with Crippen LogP contribution in [0.25, 0.3) is 0 Å². The summed E-state index contributed by atoms with van der Waals surface area (Å²) in [6.07, 6.45) is 2.80. The van der Waals surface area contributed by atoms with Crippen LogP contribution in [0.3, 0.4) is 0 Å². The van der Waals surface area contributed by atoms with Gasteiger partial charge in [0.25, 0.3) is 5.91 Å². The molecule has 0 aromatic carbocycles. The molecule has 0 saturated carbocycles. The van der Waals surface area contributed by atoms with Crippen LogP contribution in [0.5, 0.6) is 0 Å². The van der Waals surface area contributed by atoms with E-state index in [0.29, 0.717) is 5.03 Å². The number of hydrogen-bond donors (Lipinski definition) is 2. The summed E-state index contributed by atoms with van der Waals surface area (Å²) >= 11 is 5.45. The Kier molecular flexibility index (Phi) is 3.48. The van der Waals surface area contributed by atoms with E-state index in [9.17, 15) is 9.59 Å². The Morgan fingerprint density at radius 1 is 1.64 bits per heavy atom. The lowest BCUT2D eigenvalue weighted by Gasteiger charge is -2.01. The quantitative estimate of drug-likeness (QED) is 0.781. The maximum Gasteiger partial charge on any atom is 0.257 e. The molecule has 1 heterocycles. The maximum absolute atomic E-state index is 11.3. The molecule has 2 N–H and O–H groups in total. The fourth-order valence-electron chi connectivity index (χ4n) is 0.865. The fraction of sp³-hybridized carbons (Fsp3) is 0.111. The van der Waals surface area contributed by atoms with Crippen molar-refractivity contribution in [1.82, 2.24) is 10.3 Å². The molecule has 0 saturated heterocycles. The number of carbonyl (C=O) groups excluding carboxylic acids is 1. The van der Waals surface area contributed by atoms with E-state index in [4.69, 9.17) is 11.6 Å². The molecule has 1 amide bonds. The molecule has 1 aromatic rings. The highest BCUT2D eigenvalue weighted by atomic mass is 35.5. The molecule has 5 heteroatoms. The van der Waals surface area contributed by atoms with E-state index in [1.54, 1.807) is 0 Å². The van der Waals surface area contributed by atoms with Crippen molar-refractivity contribution in [3.05, 3.63) is 45.9 Å². The molecule has 0 bridgehead atoms. The van der Waals surface area contributed by atoms with Crippen molar-refractivity contribution >= 4 is 17.5 Å². The van der Waals surface area contributed by atoms with Gasteiger partial charge >= 0.3 is 0 Å². The highest BCUT2D eigenvalue weighted by Crippen LogP contribution is 1.94. The van der Waals surface area contributed by atoms with Crippen LogP contribution in [-0.2, 0) is 0 Å². The Morgan fingerprint density at radius 2 is 2.36 bits per heavy atom. The van der Waals surface area contributed by atoms with Gasteiger partial charge in [-0.3, -0.25) is 9.59 Å². The summed E-state index contributed by atoms with van der Waals surface area (Å²) < 4.78 is 0. The first-order valence-electron chi connectivity index (χ1n) is 3.90. The van der Waals surface area contributed by atoms with E-state index >= 15 is 0 Å². The second kappa shape index (κ2) is 4.62. The zero-order valence-electron chi connectivity index (χ0n) is 7.34. The minimum Gasteiger partial charge on any atom is -0.367 e. The monoisotopic (exact) mass is 212 g/mol. The van der Waals surface area contributed by atoms with E-state index < -0.39 is 5.91 Å². The van der Waals surface area contributed by atoms with Gasteiger partial charge in [-0.1, -0.05) is 18.2 Å². The SMILES string of the molecule is C=C(Cl)CNC(=O)c1c[nH]ccc1=O. The third kappa shape index (κ3) is 2.74. The summed E-state index contributed by atoms with van der Waals surface area (Å²) in [5, 5.41) is 2.76. The fourth-order valence-corrected chi connectivity index (χ4v) is 0.932. The van der Waals surface area contributed by atoms with Gasteiger partial charge in [-0.2, -0.15) is 0 Å². The van der Waals surface area contributed by atoms with Gasteiger partial charge in [0.15, 0.2) is 5.43 Å². The third-order valence-electron chi connectivity index (χ3n) is 1.51. The molecule has 74 valence electrons. The van der Waals surface area contributed by atoms with Crippen LogP contribution >= 0.6 is 11.6 Å². The number of aromatic amines is 1. The maximum atomic E-state index is 11.3. The van der Waals surface area contributed by atoms with Crippen LogP contribution in [0.15, 0.2) is 34.9 Å². The zero-order valence-corrected chi connectivity index (χ0v) is 8.10. The topological polar surface area (TPSA) is 62.0 Å². The molecule has 1 rings (SSSR count). The van der Waals surface area contributed by atoms with Gasteiger partial charge in [-0.05, 0) is 0 Å². The lowest BCUT2D eigenvalue weighted by molar-refractivity contribution is 0.0956. The number of aromatic nitrogens is 1. The van der Waals surface area contributed by atoms with Crippen LogP contribution < -0.4 is 10.7 Å². The minimum atomic E-state index is -0.464. The summed E-state index contributed by atoms with van der Waals surface area (Å²) in [6.45, 7) is 3.56. The summed E-state index contributed by atoms with van der Waals surface area (Å²) in [7, 11) is 0. The number of carbonyl (C=O) groups is 1. The first-order chi connectivity index (χ1) is 6.61. The largest absolute Gasteiger partial charge is 0.367 e. The lowest BCUT2D eigenvalue weighted by Crippen LogP contribution is -2.29. The highest BCUT2D eigenvalue weighted by Gasteiger charge is 2.08. The molecule has 14 heavy (non-hydrogen) atoms. The van der Waals surface area contributed by atoms with Gasteiger partial charge in [0.1, 0.15) is 5.56 Å². The first kappa shape index (κ1) is 10.5. The van der Waals surface area contributed by atoms with Gasteiger partial charge < -0.3 is 10.3 Å². The number of rotatable bonds is 3. The summed E-state index contributed by atoms with van der Waals surface area (Å²) in [5.41, 5.74) is -0.271. The smallest absolute Gasteiger partial charge is 0.257 e. The normalized spacial score (nSPS) is 9.50. The molecule has 0 radical (unpaired) electrons. The molecular formula is C9H9ClN2O2. The van der Waals surface area contributed by atoms with E-state index in [1.165, 1.54) is 18.5 Å². The number of pyridine rings is 1. The second-order valence-electron chi connectivity index (χ2n) is 2.62. The van der Waals surface area contributed by atoms with Gasteiger partial charge in [-0.25, -0.2) is 0 Å². The van der Waals surface area contributed by atoms with E-state index in [0.717, 1.165) is 0 Å². The van der Waals surface area contributed by atoms with Crippen molar-refractivity contribution in [1.29, 1.82) is 0 Å². The summed E-state index contributed by atoms with van der Waals surface area (Å²) in [6, 6.07) is 1.28. The van der Waals surface area contributed by atoms with Crippen LogP contribution in [0.2, 0.25) is 0 Å². The number of amides is 1. The Bertz CT molecular complexity index is 411. The van der Waals surface area contributed by atoms with Crippen molar-refractivity contribution in [3.63, 3.8) is 0 Å². The molecule has 0 aliphatic carbocycles. The Labute approximate surface area is 85.6 Å². The molecule has 0 fully saturated rings. The van der Waals surface area contributed by atoms with Crippen LogP contribution in [-0.4, -0.2) is 17.4 Å². The molecule has 0 spiro atoms. The van der Waals surface area contributed by atoms with Gasteiger partial charge in [0.05, 0.1) is 6.54 Å². The number of hydrogen-bond acceptors (Lipinski definition) is 2. The molecule has 1 aromatic heterocycles. The highest BCUT2D eigenvalue weighted by molar-refractivity contribution is 6.29. The average Bonchev–Trinajstić information content (AvgIpc) is 2.15. The van der Waals surface area contributed by atoms with E-state index in [2.05, 4.69) is 16.9 Å². The predicted octanol–water partition coefficient (Wildman–Crippen LogP) is 0.857. The number of H-pyrrole nitrogens is 1. The van der Waals surface area contributed by atoms with Crippen molar-refractivity contribution in [2.45, 2.75) is 0 Å². The molecule has 0 aliphatic rings. The average molecular weight is 213 g/mol. The van der Waals surface area contributed by atoms with Gasteiger partial charge in [0, 0.05) is 23.5 Å². The third-order valence-corrected chi connectivity index (χ3v) is 1.64. The van der Waals surface area contributed by atoms with Crippen LogP contribution in [0, 0.1) is 0 Å². The molecule has 0 unspecified atom stereocenters. The molecular weight excluding hydrogens is 204 g/mol. The van der Waals surface area contributed by atoms with Gasteiger partial charge in [-0.15, -0.1) is 0 Å². The minimum absolute atomic E-state index is 0.0606. The van der Waals surface area contributed by atoms with Crippen LogP contribution in [0.1, 0.15) is 10.4 Å². The van der Waals surface area contributed by atoms with Crippen molar-refractivity contribution < 1.29 is 4.79 Å². The van der Waals surface area contributed by atoms with Crippen molar-refractivity contribution in [2.24, 2.45) is 0 Å². The molecule has 4 nitrogen and oxygen atoms in total.